The summed E-state index contributed by atoms with van der Waals surface area (Å²) in [7, 11) is 0. The van der Waals surface area contributed by atoms with Gasteiger partial charge in [0.1, 0.15) is 12.2 Å². The second kappa shape index (κ2) is 10.3. The van der Waals surface area contributed by atoms with Gasteiger partial charge in [0.05, 0.1) is 24.2 Å². The van der Waals surface area contributed by atoms with Crippen molar-refractivity contribution >= 4 is 11.8 Å². The van der Waals surface area contributed by atoms with E-state index >= 15 is 0 Å². The number of carboxylic acid groups (broad SMARTS) is 1. The quantitative estimate of drug-likeness (QED) is 0.314. The molecule has 0 bridgehead atoms. The maximum Gasteiger partial charge on any atom is 0.309 e. The van der Waals surface area contributed by atoms with Crippen LogP contribution in [0.2, 0.25) is 0 Å². The van der Waals surface area contributed by atoms with Gasteiger partial charge in [-0.05, 0) is 110 Å². The summed E-state index contributed by atoms with van der Waals surface area (Å²) in [5.41, 5.74) is -0.373. The number of hydrogen-bond donors (Lipinski definition) is 4. The van der Waals surface area contributed by atoms with Crippen LogP contribution >= 0.6 is 0 Å². The molecule has 13 atom stereocenters. The molecule has 0 aromatic rings. The molecule has 6 rings (SSSR count). The molecule has 0 unspecified atom stereocenters. The third kappa shape index (κ3) is 4.40. The van der Waals surface area contributed by atoms with Gasteiger partial charge in [0.2, 0.25) is 0 Å². The smallest absolute Gasteiger partial charge is 0.309 e. The average molecular weight is 617 g/mol. The summed E-state index contributed by atoms with van der Waals surface area (Å²) in [5.74, 6) is -0.267. The third-order valence-corrected chi connectivity index (χ3v) is 15.1. The van der Waals surface area contributed by atoms with Crippen LogP contribution in [0.15, 0.2) is 11.6 Å². The Morgan fingerprint density at radius 2 is 1.66 bits per heavy atom. The lowest BCUT2D eigenvalue weighted by Crippen LogP contribution is -2.67. The van der Waals surface area contributed by atoms with Crippen molar-refractivity contribution in [3.05, 3.63) is 11.6 Å². The highest BCUT2D eigenvalue weighted by Gasteiger charge is 2.70. The maximum absolute atomic E-state index is 14.6. The topological polar surface area (TPSA) is 134 Å². The van der Waals surface area contributed by atoms with Crippen LogP contribution in [0.4, 0.5) is 0 Å². The summed E-state index contributed by atoms with van der Waals surface area (Å²) in [6.07, 6.45) is 6.05. The second-order valence-corrected chi connectivity index (χ2v) is 17.6. The number of carboxylic acids is 1. The summed E-state index contributed by atoms with van der Waals surface area (Å²) >= 11 is 0. The molecule has 5 fully saturated rings. The fraction of sp³-hybridized carbons (Fsp3) is 0.889. The van der Waals surface area contributed by atoms with E-state index in [1.54, 1.807) is 0 Å². The summed E-state index contributed by atoms with van der Waals surface area (Å²) in [6, 6.07) is 0. The van der Waals surface area contributed by atoms with Gasteiger partial charge in [-0.1, -0.05) is 47.1 Å². The predicted molar refractivity (Wildman–Crippen MR) is 164 cm³/mol. The Morgan fingerprint density at radius 3 is 2.32 bits per heavy atom. The van der Waals surface area contributed by atoms with E-state index in [4.69, 9.17) is 9.47 Å². The molecule has 44 heavy (non-hydrogen) atoms. The number of carbonyl (C=O) groups is 2. The summed E-state index contributed by atoms with van der Waals surface area (Å²) < 4.78 is 12.4. The van der Waals surface area contributed by atoms with Crippen molar-refractivity contribution in [1.82, 2.24) is 0 Å². The van der Waals surface area contributed by atoms with Crippen LogP contribution in [-0.4, -0.2) is 69.5 Å². The Balaban J connectivity index is 1.31. The highest BCUT2D eigenvalue weighted by Crippen LogP contribution is 2.75. The molecule has 0 spiro atoms. The van der Waals surface area contributed by atoms with Crippen molar-refractivity contribution < 1.29 is 39.5 Å². The van der Waals surface area contributed by atoms with E-state index in [1.165, 1.54) is 5.57 Å². The number of fused-ring (bicyclic) bond motifs is 7. The van der Waals surface area contributed by atoms with Gasteiger partial charge < -0.3 is 29.9 Å². The van der Waals surface area contributed by atoms with Gasteiger partial charge in [0, 0.05) is 12.3 Å². The van der Waals surface area contributed by atoms with Crippen LogP contribution in [0.25, 0.3) is 0 Å². The van der Waals surface area contributed by atoms with E-state index in [2.05, 4.69) is 41.5 Å². The molecule has 8 nitrogen and oxygen atoms in total. The fourth-order valence-electron chi connectivity index (χ4n) is 11.9. The summed E-state index contributed by atoms with van der Waals surface area (Å²) in [6.45, 7) is 15.4. The van der Waals surface area contributed by atoms with Crippen LogP contribution in [-0.2, 0) is 19.1 Å². The molecule has 8 heteroatoms. The van der Waals surface area contributed by atoms with Gasteiger partial charge >= 0.3 is 5.97 Å². The molecule has 6 aliphatic rings. The molecule has 0 aromatic carbocycles. The summed E-state index contributed by atoms with van der Waals surface area (Å²) in [4.78, 5) is 27.0. The van der Waals surface area contributed by atoms with E-state index in [-0.39, 0.29) is 69.7 Å². The first-order valence-corrected chi connectivity index (χ1v) is 17.1. The van der Waals surface area contributed by atoms with E-state index in [0.29, 0.717) is 12.8 Å². The molecule has 0 amide bonds. The lowest BCUT2D eigenvalue weighted by molar-refractivity contribution is -0.296. The number of rotatable bonds is 4. The molecule has 1 heterocycles. The zero-order valence-corrected chi connectivity index (χ0v) is 27.9. The van der Waals surface area contributed by atoms with Crippen molar-refractivity contribution in [1.29, 1.82) is 0 Å². The second-order valence-electron chi connectivity index (χ2n) is 17.6. The maximum atomic E-state index is 14.6. The fourth-order valence-corrected chi connectivity index (χ4v) is 11.9. The number of ketones is 1. The molecule has 1 saturated heterocycles. The van der Waals surface area contributed by atoms with Gasteiger partial charge in [-0.2, -0.15) is 0 Å². The number of aliphatic carboxylic acids is 1. The van der Waals surface area contributed by atoms with Gasteiger partial charge in [-0.3, -0.25) is 9.59 Å². The number of ether oxygens (including phenoxy) is 2. The van der Waals surface area contributed by atoms with Crippen molar-refractivity contribution in [3.8, 4) is 0 Å². The van der Waals surface area contributed by atoms with E-state index < -0.39 is 36.0 Å². The first-order valence-electron chi connectivity index (χ1n) is 17.1. The van der Waals surface area contributed by atoms with E-state index in [9.17, 15) is 30.0 Å². The molecule has 0 aromatic heterocycles. The van der Waals surface area contributed by atoms with Crippen molar-refractivity contribution in [3.63, 3.8) is 0 Å². The lowest BCUT2D eigenvalue weighted by Gasteiger charge is -2.70. The number of aliphatic hydroxyl groups excluding tert-OH is 3. The Kier molecular flexibility index (Phi) is 7.66. The van der Waals surface area contributed by atoms with E-state index in [0.717, 1.165) is 44.9 Å². The van der Waals surface area contributed by atoms with Crippen LogP contribution in [0.3, 0.4) is 0 Å². The van der Waals surface area contributed by atoms with E-state index in [1.807, 2.05) is 13.0 Å². The Labute approximate surface area is 263 Å². The molecule has 5 aliphatic carbocycles. The monoisotopic (exact) mass is 616 g/mol. The zero-order valence-electron chi connectivity index (χ0n) is 27.9. The summed E-state index contributed by atoms with van der Waals surface area (Å²) in [5, 5.41) is 40.4. The van der Waals surface area contributed by atoms with Crippen LogP contribution < -0.4 is 0 Å². The largest absolute Gasteiger partial charge is 0.481 e. The van der Waals surface area contributed by atoms with Gasteiger partial charge in [-0.25, -0.2) is 0 Å². The van der Waals surface area contributed by atoms with Crippen LogP contribution in [0.5, 0.6) is 0 Å². The first kappa shape index (κ1) is 32.6. The standard InChI is InChI=1S/C36H56O8/c1-31(2)25-8-11-36(7)29(34(25,5)10-9-26(31)44-27-17-22(38)28(40)24(19-37)43-27)23(39)16-20-21-18-33(4,30(41)42)13-12-32(21,3)14-15-35(20,36)6/h16,21-22,24-29,37-38,40H,8-15,17-19H2,1-7H3,(H,41,42)/t21-,22+,24-,25+,26+,27-,28-,29-,32-,33+,34+,35-,36-/m1/s1. The minimum atomic E-state index is -1.14. The molecular formula is C36H56O8. The minimum Gasteiger partial charge on any atom is -0.481 e. The highest BCUT2D eigenvalue weighted by molar-refractivity contribution is 5.95. The number of hydrogen-bond acceptors (Lipinski definition) is 7. The molecule has 0 radical (unpaired) electrons. The Morgan fingerprint density at radius 1 is 0.977 bits per heavy atom. The number of allylic oxidation sites excluding steroid dienone is 2. The minimum absolute atomic E-state index is 0.0299. The molecule has 248 valence electrons. The molecule has 4 N–H and O–H groups in total. The lowest BCUT2D eigenvalue weighted by atomic mass is 9.33. The molecule has 4 saturated carbocycles. The van der Waals surface area contributed by atoms with Gasteiger partial charge in [0.25, 0.3) is 0 Å². The average Bonchev–Trinajstić information content (AvgIpc) is 2.94. The normalized spacial score (nSPS) is 53.4. The van der Waals surface area contributed by atoms with Crippen molar-refractivity contribution in [2.75, 3.05) is 6.61 Å². The Hall–Kier alpha value is -1.32. The molecular weight excluding hydrogens is 560 g/mol. The predicted octanol–water partition coefficient (Wildman–Crippen LogP) is 5.27. The van der Waals surface area contributed by atoms with Gasteiger partial charge in [-0.15, -0.1) is 0 Å². The van der Waals surface area contributed by atoms with Crippen LogP contribution in [0, 0.1) is 50.2 Å². The Bertz CT molecular complexity index is 1230. The third-order valence-electron chi connectivity index (χ3n) is 15.1. The first-order chi connectivity index (χ1) is 20.4. The van der Waals surface area contributed by atoms with Crippen molar-refractivity contribution in [2.24, 2.45) is 50.2 Å². The number of aliphatic hydroxyl groups is 3. The van der Waals surface area contributed by atoms with Crippen LogP contribution in [0.1, 0.15) is 113 Å². The molecule has 1 aliphatic heterocycles. The van der Waals surface area contributed by atoms with Crippen molar-refractivity contribution in [2.45, 2.75) is 143 Å². The highest BCUT2D eigenvalue weighted by atomic mass is 16.7. The SMILES string of the molecule is CC1(C)[C@@H](O[C@@H]2C[C@H](O)[C@@H](O)[C@@H](CO)O2)CC[C@]2(C)[C@H]3C(=O)C=C4[C@H]5C[C@@](C)(C(=O)O)CC[C@]5(C)CC[C@@]4(C)[C@]3(C)CC[C@@H]12. The zero-order chi connectivity index (χ0) is 32.3. The number of carbonyl (C=O) groups excluding carboxylic acids is 1. The van der Waals surface area contributed by atoms with Gasteiger partial charge in [0.15, 0.2) is 12.1 Å².